The highest BCUT2D eigenvalue weighted by atomic mass is 16.5. The van der Waals surface area contributed by atoms with Gasteiger partial charge in [-0.15, -0.1) is 0 Å². The van der Waals surface area contributed by atoms with E-state index in [1.807, 2.05) is 6.07 Å². The average Bonchev–Trinajstić information content (AvgIpc) is 2.36. The first-order valence-electron chi connectivity index (χ1n) is 5.05. The van der Waals surface area contributed by atoms with Gasteiger partial charge in [-0.2, -0.15) is 0 Å². The van der Waals surface area contributed by atoms with Crippen molar-refractivity contribution in [2.75, 3.05) is 19.8 Å². The van der Waals surface area contributed by atoms with Crippen molar-refractivity contribution in [1.82, 2.24) is 0 Å². The van der Waals surface area contributed by atoms with Crippen molar-refractivity contribution in [3.05, 3.63) is 35.9 Å². The summed E-state index contributed by atoms with van der Waals surface area (Å²) in [5.41, 5.74) is -0.328. The van der Waals surface area contributed by atoms with Gasteiger partial charge in [0, 0.05) is 5.41 Å². The molecule has 0 atom stereocenters. The Balaban J connectivity index is 2.54. The number of esters is 1. The molecule has 0 saturated carbocycles. The smallest absolute Gasteiger partial charge is 0.338 e. The van der Waals surface area contributed by atoms with Crippen molar-refractivity contribution in [2.45, 2.75) is 6.92 Å². The second-order valence-electron chi connectivity index (χ2n) is 4.07. The van der Waals surface area contributed by atoms with E-state index in [0.29, 0.717) is 5.56 Å². The summed E-state index contributed by atoms with van der Waals surface area (Å²) < 4.78 is 5.02. The fourth-order valence-electron chi connectivity index (χ4n) is 1.04. The number of hydrogen-bond donors (Lipinski definition) is 2. The lowest BCUT2D eigenvalue weighted by atomic mass is 9.94. The Morgan fingerprint density at radius 2 is 1.81 bits per heavy atom. The Bertz CT molecular complexity index is 330. The molecule has 4 nitrogen and oxygen atoms in total. The van der Waals surface area contributed by atoms with Crippen LogP contribution < -0.4 is 0 Å². The lowest BCUT2D eigenvalue weighted by Gasteiger charge is -2.23. The molecule has 1 aromatic rings. The Morgan fingerprint density at radius 3 is 2.31 bits per heavy atom. The van der Waals surface area contributed by atoms with E-state index in [9.17, 15) is 4.79 Å². The van der Waals surface area contributed by atoms with Gasteiger partial charge in [0.2, 0.25) is 0 Å². The van der Waals surface area contributed by atoms with E-state index >= 15 is 0 Å². The van der Waals surface area contributed by atoms with Crippen LogP contribution >= 0.6 is 0 Å². The second-order valence-corrected chi connectivity index (χ2v) is 4.07. The average molecular weight is 224 g/mol. The molecule has 0 spiro atoms. The van der Waals surface area contributed by atoms with Crippen molar-refractivity contribution in [2.24, 2.45) is 5.41 Å². The maximum absolute atomic E-state index is 11.5. The van der Waals surface area contributed by atoms with E-state index in [4.69, 9.17) is 14.9 Å². The molecule has 88 valence electrons. The van der Waals surface area contributed by atoms with Gasteiger partial charge >= 0.3 is 5.97 Å². The summed E-state index contributed by atoms with van der Waals surface area (Å²) in [5.74, 6) is -0.450. The number of ether oxygens (including phenoxy) is 1. The van der Waals surface area contributed by atoms with Crippen molar-refractivity contribution in [1.29, 1.82) is 0 Å². The molecule has 16 heavy (non-hydrogen) atoms. The third kappa shape index (κ3) is 3.32. The number of benzene rings is 1. The van der Waals surface area contributed by atoms with Crippen LogP contribution in [0.1, 0.15) is 17.3 Å². The molecule has 0 aliphatic carbocycles. The normalized spacial score (nSPS) is 11.2. The number of carbonyl (C=O) groups excluding carboxylic acids is 1. The molecule has 0 aromatic heterocycles. The van der Waals surface area contributed by atoms with Gasteiger partial charge in [-0.1, -0.05) is 25.1 Å². The number of carbonyl (C=O) groups is 1. The largest absolute Gasteiger partial charge is 0.461 e. The molecule has 2 N–H and O–H groups in total. The summed E-state index contributed by atoms with van der Waals surface area (Å²) in [6, 6.07) is 8.60. The molecule has 0 bridgehead atoms. The first-order chi connectivity index (χ1) is 7.61. The zero-order chi connectivity index (χ0) is 12.0. The fourth-order valence-corrected chi connectivity index (χ4v) is 1.04. The maximum atomic E-state index is 11.5. The standard InChI is InChI=1S/C12H16O4/c1-12(7-13,8-14)9-16-11(15)10-5-3-2-4-6-10/h2-6,13-14H,7-9H2,1H3. The van der Waals surface area contributed by atoms with Gasteiger partial charge in [0.15, 0.2) is 0 Å². The van der Waals surface area contributed by atoms with Crippen LogP contribution in [0.25, 0.3) is 0 Å². The number of rotatable bonds is 5. The summed E-state index contributed by atoms with van der Waals surface area (Å²) in [5, 5.41) is 18.0. The second kappa shape index (κ2) is 5.63. The van der Waals surface area contributed by atoms with Crippen LogP contribution in [0.5, 0.6) is 0 Å². The first-order valence-corrected chi connectivity index (χ1v) is 5.05. The molecule has 0 fully saturated rings. The van der Waals surface area contributed by atoms with E-state index in [2.05, 4.69) is 0 Å². The summed E-state index contributed by atoms with van der Waals surface area (Å²) in [6.07, 6.45) is 0. The maximum Gasteiger partial charge on any atom is 0.338 e. The Hall–Kier alpha value is -1.39. The highest BCUT2D eigenvalue weighted by Crippen LogP contribution is 2.15. The summed E-state index contributed by atoms with van der Waals surface area (Å²) in [6.45, 7) is 1.18. The van der Waals surface area contributed by atoms with Crippen LogP contribution in [0.4, 0.5) is 0 Å². The van der Waals surface area contributed by atoms with E-state index in [1.165, 1.54) is 0 Å². The lowest BCUT2D eigenvalue weighted by molar-refractivity contribution is -0.00627. The van der Waals surface area contributed by atoms with E-state index in [-0.39, 0.29) is 19.8 Å². The highest BCUT2D eigenvalue weighted by molar-refractivity contribution is 5.89. The quantitative estimate of drug-likeness (QED) is 0.727. The Labute approximate surface area is 94.5 Å². The van der Waals surface area contributed by atoms with Crippen LogP contribution in [0.2, 0.25) is 0 Å². The molecule has 1 rings (SSSR count). The summed E-state index contributed by atoms with van der Waals surface area (Å²) >= 11 is 0. The summed E-state index contributed by atoms with van der Waals surface area (Å²) in [7, 11) is 0. The van der Waals surface area contributed by atoms with Crippen LogP contribution in [0.15, 0.2) is 30.3 Å². The van der Waals surface area contributed by atoms with Crippen LogP contribution in [-0.4, -0.2) is 36.0 Å². The van der Waals surface area contributed by atoms with Crippen molar-refractivity contribution < 1.29 is 19.7 Å². The molecule has 0 aliphatic heterocycles. The van der Waals surface area contributed by atoms with Gasteiger partial charge in [-0.3, -0.25) is 0 Å². The zero-order valence-electron chi connectivity index (χ0n) is 9.22. The minimum atomic E-state index is -0.787. The predicted molar refractivity (Wildman–Crippen MR) is 59.0 cm³/mol. The molecular formula is C12H16O4. The van der Waals surface area contributed by atoms with E-state index in [1.54, 1.807) is 31.2 Å². The number of aliphatic hydroxyl groups is 2. The zero-order valence-corrected chi connectivity index (χ0v) is 9.22. The minimum absolute atomic E-state index is 0.00622. The van der Waals surface area contributed by atoms with Gasteiger partial charge in [-0.25, -0.2) is 4.79 Å². The van der Waals surface area contributed by atoms with Gasteiger partial charge in [-0.05, 0) is 12.1 Å². The third-order valence-electron chi connectivity index (χ3n) is 2.32. The van der Waals surface area contributed by atoms with Crippen molar-refractivity contribution in [3.8, 4) is 0 Å². The summed E-state index contributed by atoms with van der Waals surface area (Å²) in [4.78, 5) is 11.5. The van der Waals surface area contributed by atoms with E-state index in [0.717, 1.165) is 0 Å². The monoisotopic (exact) mass is 224 g/mol. The highest BCUT2D eigenvalue weighted by Gasteiger charge is 2.24. The van der Waals surface area contributed by atoms with Gasteiger partial charge in [0.05, 0.1) is 18.8 Å². The lowest BCUT2D eigenvalue weighted by Crippen LogP contribution is -2.32. The van der Waals surface area contributed by atoms with Gasteiger partial charge in [0.1, 0.15) is 6.61 Å². The minimum Gasteiger partial charge on any atom is -0.461 e. The predicted octanol–water partition coefficient (Wildman–Crippen LogP) is 0.834. The van der Waals surface area contributed by atoms with Crippen LogP contribution in [0.3, 0.4) is 0 Å². The van der Waals surface area contributed by atoms with Gasteiger partial charge < -0.3 is 14.9 Å². The molecule has 1 aromatic carbocycles. The molecule has 0 radical (unpaired) electrons. The molecular weight excluding hydrogens is 208 g/mol. The van der Waals surface area contributed by atoms with Crippen LogP contribution in [0, 0.1) is 5.41 Å². The molecule has 0 amide bonds. The number of hydrogen-bond acceptors (Lipinski definition) is 4. The molecule has 0 unspecified atom stereocenters. The third-order valence-corrected chi connectivity index (χ3v) is 2.32. The number of aliphatic hydroxyl groups excluding tert-OH is 2. The van der Waals surface area contributed by atoms with Crippen molar-refractivity contribution in [3.63, 3.8) is 0 Å². The fraction of sp³-hybridized carbons (Fsp3) is 0.417. The SMILES string of the molecule is CC(CO)(CO)COC(=O)c1ccccc1. The van der Waals surface area contributed by atoms with Crippen LogP contribution in [-0.2, 0) is 4.74 Å². The van der Waals surface area contributed by atoms with E-state index < -0.39 is 11.4 Å². The topological polar surface area (TPSA) is 66.8 Å². The van der Waals surface area contributed by atoms with Gasteiger partial charge in [0.25, 0.3) is 0 Å². The Kier molecular flexibility index (Phi) is 4.46. The molecule has 4 heteroatoms. The Morgan fingerprint density at radius 1 is 1.25 bits per heavy atom. The first kappa shape index (κ1) is 12.7. The van der Waals surface area contributed by atoms with Crippen molar-refractivity contribution >= 4 is 5.97 Å². The molecule has 0 heterocycles. The molecule has 0 aliphatic rings. The molecule has 0 saturated heterocycles.